The van der Waals surface area contributed by atoms with Crippen molar-refractivity contribution >= 4 is 17.5 Å². The van der Waals surface area contributed by atoms with Gasteiger partial charge < -0.3 is 10.2 Å². The zero-order valence-corrected chi connectivity index (χ0v) is 12.0. The molecule has 0 atom stereocenters. The van der Waals surface area contributed by atoms with Gasteiger partial charge in [-0.1, -0.05) is 18.2 Å². The maximum Gasteiger partial charge on any atom is 0.257 e. The lowest BCUT2D eigenvalue weighted by molar-refractivity contribution is 0.102. The summed E-state index contributed by atoms with van der Waals surface area (Å²) in [5.74, 6) is 1.28. The third kappa shape index (κ3) is 3.02. The van der Waals surface area contributed by atoms with Crippen molar-refractivity contribution in [3.8, 4) is 0 Å². The van der Waals surface area contributed by atoms with Gasteiger partial charge in [-0.05, 0) is 31.4 Å². The van der Waals surface area contributed by atoms with Crippen molar-refractivity contribution < 1.29 is 4.79 Å². The molecule has 1 aromatic heterocycles. The molecule has 0 unspecified atom stereocenters. The Labute approximate surface area is 124 Å². The standard InChI is InChI=1S/C16H18N4O/c1-12-6-2-3-7-13(12)16(21)19-14-10-15(18-11-17-14)20-8-4-5-9-20/h2-3,6-7,10-11H,4-5,8-9H2,1H3,(H,17,18,19,21). The van der Waals surface area contributed by atoms with Crippen LogP contribution in [0.25, 0.3) is 0 Å². The predicted molar refractivity (Wildman–Crippen MR) is 82.6 cm³/mol. The second kappa shape index (κ2) is 5.91. The molecule has 1 amide bonds. The molecule has 1 saturated heterocycles. The van der Waals surface area contributed by atoms with Crippen LogP contribution in [0.1, 0.15) is 28.8 Å². The number of aryl methyl sites for hydroxylation is 1. The van der Waals surface area contributed by atoms with Crippen LogP contribution < -0.4 is 10.2 Å². The summed E-state index contributed by atoms with van der Waals surface area (Å²) >= 11 is 0. The van der Waals surface area contributed by atoms with Crippen molar-refractivity contribution in [2.75, 3.05) is 23.3 Å². The number of nitrogens with one attached hydrogen (secondary N) is 1. The van der Waals surface area contributed by atoms with Crippen LogP contribution in [0.3, 0.4) is 0 Å². The number of rotatable bonds is 3. The van der Waals surface area contributed by atoms with E-state index in [0.717, 1.165) is 24.5 Å². The summed E-state index contributed by atoms with van der Waals surface area (Å²) in [5, 5.41) is 2.85. The molecule has 0 bridgehead atoms. The Bertz CT molecular complexity index is 650. The quantitative estimate of drug-likeness (QED) is 0.940. The van der Waals surface area contributed by atoms with Gasteiger partial charge >= 0.3 is 0 Å². The van der Waals surface area contributed by atoms with Crippen molar-refractivity contribution in [2.45, 2.75) is 19.8 Å². The normalized spacial score (nSPS) is 14.2. The van der Waals surface area contributed by atoms with E-state index in [9.17, 15) is 4.79 Å². The zero-order valence-electron chi connectivity index (χ0n) is 12.0. The van der Waals surface area contributed by atoms with Crippen LogP contribution >= 0.6 is 0 Å². The lowest BCUT2D eigenvalue weighted by atomic mass is 10.1. The lowest BCUT2D eigenvalue weighted by Gasteiger charge is -2.16. The molecule has 1 aliphatic rings. The molecule has 1 aliphatic heterocycles. The second-order valence-electron chi connectivity index (χ2n) is 5.22. The van der Waals surface area contributed by atoms with Gasteiger partial charge in [0.2, 0.25) is 0 Å². The number of anilines is 2. The first-order chi connectivity index (χ1) is 10.2. The Hall–Kier alpha value is -2.43. The summed E-state index contributed by atoms with van der Waals surface area (Å²) in [6.07, 6.45) is 3.88. The highest BCUT2D eigenvalue weighted by Gasteiger charge is 2.15. The first-order valence-electron chi connectivity index (χ1n) is 7.18. The lowest BCUT2D eigenvalue weighted by Crippen LogP contribution is -2.20. The van der Waals surface area contributed by atoms with Gasteiger partial charge in [-0.2, -0.15) is 0 Å². The molecule has 2 heterocycles. The van der Waals surface area contributed by atoms with Gasteiger partial charge in [-0.15, -0.1) is 0 Å². The molecule has 5 nitrogen and oxygen atoms in total. The average Bonchev–Trinajstić information content (AvgIpc) is 3.02. The number of carbonyl (C=O) groups is 1. The number of hydrogen-bond donors (Lipinski definition) is 1. The van der Waals surface area contributed by atoms with Crippen molar-refractivity contribution in [2.24, 2.45) is 0 Å². The number of nitrogens with zero attached hydrogens (tertiary/aromatic N) is 3. The highest BCUT2D eigenvalue weighted by atomic mass is 16.1. The second-order valence-corrected chi connectivity index (χ2v) is 5.22. The highest BCUT2D eigenvalue weighted by Crippen LogP contribution is 2.19. The van der Waals surface area contributed by atoms with E-state index in [0.29, 0.717) is 11.4 Å². The number of carbonyl (C=O) groups excluding carboxylic acids is 1. The topological polar surface area (TPSA) is 58.1 Å². The zero-order chi connectivity index (χ0) is 14.7. The van der Waals surface area contributed by atoms with E-state index in [1.54, 1.807) is 0 Å². The Morgan fingerprint density at radius 1 is 1.19 bits per heavy atom. The minimum atomic E-state index is -0.140. The van der Waals surface area contributed by atoms with Gasteiger partial charge in [-0.25, -0.2) is 9.97 Å². The Balaban J connectivity index is 1.77. The first kappa shape index (κ1) is 13.5. The third-order valence-corrected chi connectivity index (χ3v) is 3.71. The molecule has 0 saturated carbocycles. The van der Waals surface area contributed by atoms with Crippen LogP contribution in [0.15, 0.2) is 36.7 Å². The molecule has 21 heavy (non-hydrogen) atoms. The minimum absolute atomic E-state index is 0.140. The molecule has 1 fully saturated rings. The number of benzene rings is 1. The number of amides is 1. The van der Waals surface area contributed by atoms with Gasteiger partial charge in [0.05, 0.1) is 0 Å². The van der Waals surface area contributed by atoms with E-state index in [4.69, 9.17) is 0 Å². The van der Waals surface area contributed by atoms with Crippen LogP contribution in [0.4, 0.5) is 11.6 Å². The van der Waals surface area contributed by atoms with E-state index in [1.165, 1.54) is 19.2 Å². The largest absolute Gasteiger partial charge is 0.356 e. The molecule has 0 aliphatic carbocycles. The summed E-state index contributed by atoms with van der Waals surface area (Å²) in [6, 6.07) is 9.35. The highest BCUT2D eigenvalue weighted by molar-refractivity contribution is 6.04. The van der Waals surface area contributed by atoms with Crippen LogP contribution in [0, 0.1) is 6.92 Å². The number of hydrogen-bond acceptors (Lipinski definition) is 4. The predicted octanol–water partition coefficient (Wildman–Crippen LogP) is 2.64. The van der Waals surface area contributed by atoms with Crippen molar-refractivity contribution in [3.63, 3.8) is 0 Å². The fourth-order valence-electron chi connectivity index (χ4n) is 2.55. The maximum absolute atomic E-state index is 12.3. The van der Waals surface area contributed by atoms with Crippen LogP contribution in [0.2, 0.25) is 0 Å². The molecular formula is C16H18N4O. The number of aromatic nitrogens is 2. The monoisotopic (exact) mass is 282 g/mol. The van der Waals surface area contributed by atoms with Gasteiger partial charge in [0.1, 0.15) is 18.0 Å². The smallest absolute Gasteiger partial charge is 0.257 e. The summed E-state index contributed by atoms with van der Waals surface area (Å²) in [4.78, 5) is 22.9. The third-order valence-electron chi connectivity index (χ3n) is 3.71. The molecule has 1 N–H and O–H groups in total. The molecule has 0 radical (unpaired) electrons. The van der Waals surface area contributed by atoms with Gasteiger partial charge in [0.15, 0.2) is 0 Å². The van der Waals surface area contributed by atoms with E-state index < -0.39 is 0 Å². The molecule has 3 rings (SSSR count). The van der Waals surface area contributed by atoms with E-state index >= 15 is 0 Å². The fraction of sp³-hybridized carbons (Fsp3) is 0.312. The minimum Gasteiger partial charge on any atom is -0.356 e. The van der Waals surface area contributed by atoms with Crippen molar-refractivity contribution in [3.05, 3.63) is 47.8 Å². The molecule has 2 aromatic rings. The van der Waals surface area contributed by atoms with E-state index in [1.807, 2.05) is 37.3 Å². The molecule has 5 heteroatoms. The molecular weight excluding hydrogens is 264 g/mol. The van der Waals surface area contributed by atoms with Gasteiger partial charge in [0.25, 0.3) is 5.91 Å². The van der Waals surface area contributed by atoms with Crippen molar-refractivity contribution in [1.29, 1.82) is 0 Å². The summed E-state index contributed by atoms with van der Waals surface area (Å²) in [5.41, 5.74) is 1.61. The summed E-state index contributed by atoms with van der Waals surface area (Å²) in [6.45, 7) is 3.95. The molecule has 0 spiro atoms. The van der Waals surface area contributed by atoms with Crippen LogP contribution in [-0.2, 0) is 0 Å². The molecule has 108 valence electrons. The Kier molecular flexibility index (Phi) is 3.81. The van der Waals surface area contributed by atoms with E-state index in [2.05, 4.69) is 20.2 Å². The Morgan fingerprint density at radius 2 is 1.95 bits per heavy atom. The SMILES string of the molecule is Cc1ccccc1C(=O)Nc1cc(N2CCCC2)ncn1. The van der Waals surface area contributed by atoms with Crippen molar-refractivity contribution in [1.82, 2.24) is 9.97 Å². The van der Waals surface area contributed by atoms with E-state index in [-0.39, 0.29) is 5.91 Å². The fourth-order valence-corrected chi connectivity index (χ4v) is 2.55. The molecule has 1 aromatic carbocycles. The summed E-state index contributed by atoms with van der Waals surface area (Å²) < 4.78 is 0. The van der Waals surface area contributed by atoms with Crippen LogP contribution in [-0.4, -0.2) is 29.0 Å². The van der Waals surface area contributed by atoms with Gasteiger partial charge in [0, 0.05) is 24.7 Å². The summed E-state index contributed by atoms with van der Waals surface area (Å²) in [7, 11) is 0. The van der Waals surface area contributed by atoms with Crippen LogP contribution in [0.5, 0.6) is 0 Å². The maximum atomic E-state index is 12.3. The Morgan fingerprint density at radius 3 is 2.71 bits per heavy atom. The average molecular weight is 282 g/mol. The first-order valence-corrected chi connectivity index (χ1v) is 7.18. The van der Waals surface area contributed by atoms with Gasteiger partial charge in [-0.3, -0.25) is 4.79 Å².